The van der Waals surface area contributed by atoms with Crippen LogP contribution in [-0.4, -0.2) is 54.0 Å². The molecule has 1 saturated heterocycles. The van der Waals surface area contributed by atoms with Crippen molar-refractivity contribution in [3.05, 3.63) is 47.8 Å². The van der Waals surface area contributed by atoms with E-state index in [0.29, 0.717) is 5.95 Å². The lowest BCUT2D eigenvalue weighted by Crippen LogP contribution is -2.45. The number of likely N-dealkylation sites (N-methyl/N-ethyl adjacent to an activating group) is 1. The lowest BCUT2D eigenvalue weighted by atomic mass is 10.3. The van der Waals surface area contributed by atoms with Crippen LogP contribution in [-0.2, 0) is 0 Å². The van der Waals surface area contributed by atoms with Crippen molar-refractivity contribution < 1.29 is 13.6 Å². The molecule has 0 saturated carbocycles. The summed E-state index contributed by atoms with van der Waals surface area (Å²) in [6.45, 7) is 3.36. The Hall–Kier alpha value is -2.61. The minimum Gasteiger partial charge on any atom is -0.338 e. The SMILES string of the molecule is CN1CCN(c2nccc(C(=O)Nc3ccc(F)c(F)c3)n2)CC1. The number of carbonyl (C=O) groups is 1. The van der Waals surface area contributed by atoms with Crippen LogP contribution >= 0.6 is 0 Å². The van der Waals surface area contributed by atoms with Gasteiger partial charge in [-0.3, -0.25) is 4.79 Å². The van der Waals surface area contributed by atoms with Crippen molar-refractivity contribution in [2.45, 2.75) is 0 Å². The largest absolute Gasteiger partial charge is 0.338 e. The minimum atomic E-state index is -1.02. The summed E-state index contributed by atoms with van der Waals surface area (Å²) in [5.74, 6) is -2.00. The fourth-order valence-electron chi connectivity index (χ4n) is 2.40. The van der Waals surface area contributed by atoms with Crippen LogP contribution in [0.1, 0.15) is 10.5 Å². The fourth-order valence-corrected chi connectivity index (χ4v) is 2.40. The second kappa shape index (κ2) is 6.88. The van der Waals surface area contributed by atoms with Gasteiger partial charge in [-0.2, -0.15) is 0 Å². The van der Waals surface area contributed by atoms with Crippen molar-refractivity contribution in [2.75, 3.05) is 43.4 Å². The Kier molecular flexibility index (Phi) is 4.66. The van der Waals surface area contributed by atoms with Crippen LogP contribution in [0, 0.1) is 11.6 Å². The van der Waals surface area contributed by atoms with Gasteiger partial charge in [-0.1, -0.05) is 0 Å². The minimum absolute atomic E-state index is 0.165. The van der Waals surface area contributed by atoms with E-state index in [1.807, 2.05) is 11.9 Å². The van der Waals surface area contributed by atoms with Crippen molar-refractivity contribution in [1.82, 2.24) is 14.9 Å². The molecule has 1 amide bonds. The van der Waals surface area contributed by atoms with E-state index in [4.69, 9.17) is 0 Å². The molecular formula is C16H17F2N5O. The molecule has 0 radical (unpaired) electrons. The highest BCUT2D eigenvalue weighted by molar-refractivity contribution is 6.02. The average molecular weight is 333 g/mol. The summed E-state index contributed by atoms with van der Waals surface area (Å²) < 4.78 is 26.1. The Labute approximate surface area is 138 Å². The van der Waals surface area contributed by atoms with Crippen LogP contribution in [0.2, 0.25) is 0 Å². The van der Waals surface area contributed by atoms with Crippen LogP contribution in [0.15, 0.2) is 30.5 Å². The van der Waals surface area contributed by atoms with Gasteiger partial charge in [0.2, 0.25) is 5.95 Å². The summed E-state index contributed by atoms with van der Waals surface area (Å²) in [5.41, 5.74) is 0.335. The number of hydrogen-bond donors (Lipinski definition) is 1. The molecule has 1 N–H and O–H groups in total. The molecule has 24 heavy (non-hydrogen) atoms. The summed E-state index contributed by atoms with van der Waals surface area (Å²) in [7, 11) is 2.05. The molecule has 1 aromatic carbocycles. The first-order chi connectivity index (χ1) is 11.5. The molecule has 2 heterocycles. The predicted molar refractivity (Wildman–Crippen MR) is 86.1 cm³/mol. The predicted octanol–water partition coefficient (Wildman–Crippen LogP) is 1.76. The highest BCUT2D eigenvalue weighted by atomic mass is 19.2. The number of halogens is 2. The number of carbonyl (C=O) groups excluding carboxylic acids is 1. The van der Waals surface area contributed by atoms with Crippen molar-refractivity contribution in [2.24, 2.45) is 0 Å². The number of piperazine rings is 1. The Morgan fingerprint density at radius 1 is 1.12 bits per heavy atom. The highest BCUT2D eigenvalue weighted by Gasteiger charge is 2.18. The van der Waals surface area contributed by atoms with E-state index in [9.17, 15) is 13.6 Å². The molecule has 0 atom stereocenters. The van der Waals surface area contributed by atoms with Gasteiger partial charge in [0.05, 0.1) is 0 Å². The lowest BCUT2D eigenvalue weighted by Gasteiger charge is -2.32. The Bertz CT molecular complexity index is 747. The first-order valence-electron chi connectivity index (χ1n) is 7.56. The summed E-state index contributed by atoms with van der Waals surface area (Å²) in [6, 6.07) is 4.66. The Morgan fingerprint density at radius 2 is 1.88 bits per heavy atom. The first-order valence-corrected chi connectivity index (χ1v) is 7.56. The van der Waals surface area contributed by atoms with Crippen LogP contribution < -0.4 is 10.2 Å². The third-order valence-electron chi connectivity index (χ3n) is 3.84. The smallest absolute Gasteiger partial charge is 0.274 e. The van der Waals surface area contributed by atoms with E-state index in [1.54, 1.807) is 0 Å². The number of rotatable bonds is 3. The molecule has 1 aliphatic heterocycles. The molecule has 1 fully saturated rings. The van der Waals surface area contributed by atoms with Crippen molar-refractivity contribution in [3.8, 4) is 0 Å². The van der Waals surface area contributed by atoms with Gasteiger partial charge in [-0.05, 0) is 25.2 Å². The monoisotopic (exact) mass is 333 g/mol. The molecule has 0 unspecified atom stereocenters. The maximum Gasteiger partial charge on any atom is 0.274 e. The average Bonchev–Trinajstić information content (AvgIpc) is 2.59. The number of benzene rings is 1. The van der Waals surface area contributed by atoms with Gasteiger partial charge in [0.25, 0.3) is 5.91 Å². The molecule has 0 aliphatic carbocycles. The normalized spacial score (nSPS) is 15.4. The van der Waals surface area contributed by atoms with E-state index >= 15 is 0 Å². The summed E-state index contributed by atoms with van der Waals surface area (Å²) in [4.78, 5) is 24.9. The zero-order chi connectivity index (χ0) is 17.1. The lowest BCUT2D eigenvalue weighted by molar-refractivity contribution is 0.102. The maximum absolute atomic E-state index is 13.2. The molecule has 2 aromatic rings. The summed E-state index contributed by atoms with van der Waals surface area (Å²) in [6.07, 6.45) is 1.51. The van der Waals surface area contributed by atoms with Gasteiger partial charge in [-0.25, -0.2) is 18.7 Å². The fraction of sp³-hybridized carbons (Fsp3) is 0.312. The number of nitrogens with one attached hydrogen (secondary N) is 1. The maximum atomic E-state index is 13.2. The number of anilines is 2. The van der Waals surface area contributed by atoms with Crippen molar-refractivity contribution >= 4 is 17.5 Å². The van der Waals surface area contributed by atoms with E-state index < -0.39 is 17.5 Å². The van der Waals surface area contributed by atoms with Crippen LogP contribution in [0.3, 0.4) is 0 Å². The first kappa shape index (κ1) is 16.3. The zero-order valence-electron chi connectivity index (χ0n) is 13.2. The number of aromatic nitrogens is 2. The van der Waals surface area contributed by atoms with Gasteiger partial charge in [-0.15, -0.1) is 0 Å². The second-order valence-electron chi connectivity index (χ2n) is 5.62. The molecule has 0 spiro atoms. The molecule has 0 bridgehead atoms. The number of hydrogen-bond acceptors (Lipinski definition) is 5. The van der Waals surface area contributed by atoms with Crippen LogP contribution in [0.25, 0.3) is 0 Å². The van der Waals surface area contributed by atoms with Gasteiger partial charge >= 0.3 is 0 Å². The third-order valence-corrected chi connectivity index (χ3v) is 3.84. The molecule has 6 nitrogen and oxygen atoms in total. The van der Waals surface area contributed by atoms with E-state index in [1.165, 1.54) is 18.3 Å². The van der Waals surface area contributed by atoms with Crippen molar-refractivity contribution in [3.63, 3.8) is 0 Å². The number of amides is 1. The van der Waals surface area contributed by atoms with E-state index in [-0.39, 0.29) is 11.4 Å². The molecule has 1 aliphatic rings. The Balaban J connectivity index is 1.73. The third kappa shape index (κ3) is 3.65. The Morgan fingerprint density at radius 3 is 2.58 bits per heavy atom. The van der Waals surface area contributed by atoms with E-state index in [2.05, 4.69) is 20.2 Å². The molecule has 126 valence electrons. The topological polar surface area (TPSA) is 61.4 Å². The quantitative estimate of drug-likeness (QED) is 0.927. The molecule has 8 heteroatoms. The summed E-state index contributed by atoms with van der Waals surface area (Å²) in [5, 5.41) is 2.50. The van der Waals surface area contributed by atoms with Crippen LogP contribution in [0.4, 0.5) is 20.4 Å². The standard InChI is InChI=1S/C16H17F2N5O/c1-22-6-8-23(9-7-22)16-19-5-4-14(21-16)15(24)20-11-2-3-12(17)13(18)10-11/h2-5,10H,6-9H2,1H3,(H,20,24). The van der Waals surface area contributed by atoms with Crippen LogP contribution in [0.5, 0.6) is 0 Å². The van der Waals surface area contributed by atoms with Gasteiger partial charge in [0.15, 0.2) is 11.6 Å². The van der Waals surface area contributed by atoms with Gasteiger partial charge in [0.1, 0.15) is 5.69 Å². The second-order valence-corrected chi connectivity index (χ2v) is 5.62. The van der Waals surface area contributed by atoms with Gasteiger partial charge < -0.3 is 15.1 Å². The molecule has 3 rings (SSSR count). The van der Waals surface area contributed by atoms with E-state index in [0.717, 1.165) is 38.3 Å². The van der Waals surface area contributed by atoms with Crippen molar-refractivity contribution in [1.29, 1.82) is 0 Å². The molecular weight excluding hydrogens is 316 g/mol. The molecule has 1 aromatic heterocycles. The summed E-state index contributed by atoms with van der Waals surface area (Å²) >= 11 is 0. The van der Waals surface area contributed by atoms with Gasteiger partial charge in [0, 0.05) is 44.1 Å². The highest BCUT2D eigenvalue weighted by Crippen LogP contribution is 2.15. The zero-order valence-corrected chi connectivity index (χ0v) is 13.2. The number of nitrogens with zero attached hydrogens (tertiary/aromatic N) is 4.